The normalized spacial score (nSPS) is 10.6. The summed E-state index contributed by atoms with van der Waals surface area (Å²) in [5.41, 5.74) is 2.49. The summed E-state index contributed by atoms with van der Waals surface area (Å²) < 4.78 is 1.73. The largest absolute Gasteiger partial charge is 0.249 e. The molecule has 0 bridgehead atoms. The number of nitrogens with zero attached hydrogens (tertiary/aromatic N) is 4. The number of fused-ring (bicyclic) bond motifs is 1. The molecule has 0 radical (unpaired) electrons. The van der Waals surface area contributed by atoms with Crippen LogP contribution in [0, 0.1) is 18.3 Å². The van der Waals surface area contributed by atoms with E-state index in [1.165, 1.54) is 0 Å². The fraction of sp³-hybridized carbons (Fsp3) is 0.0833. The molecule has 0 N–H and O–H groups in total. The first-order valence-corrected chi connectivity index (χ1v) is 5.90. The van der Waals surface area contributed by atoms with Crippen molar-refractivity contribution < 1.29 is 0 Å². The molecule has 0 aliphatic rings. The second-order valence-corrected chi connectivity index (χ2v) is 4.90. The van der Waals surface area contributed by atoms with Crippen molar-refractivity contribution in [1.82, 2.24) is 14.6 Å². The van der Waals surface area contributed by atoms with Gasteiger partial charge in [-0.15, -0.1) is 11.3 Å². The maximum atomic E-state index is 8.90. The smallest absolute Gasteiger partial charge is 0.103 e. The van der Waals surface area contributed by atoms with E-state index in [1.807, 2.05) is 31.5 Å². The lowest BCUT2D eigenvalue weighted by molar-refractivity contribution is 0.963. The van der Waals surface area contributed by atoms with Crippen molar-refractivity contribution in [3.63, 3.8) is 0 Å². The number of pyridine rings is 1. The Labute approximate surface area is 102 Å². The highest BCUT2D eigenvalue weighted by molar-refractivity contribution is 7.15. The number of hydrogen-bond acceptors (Lipinski definition) is 4. The molecule has 3 rings (SSSR count). The summed E-state index contributed by atoms with van der Waals surface area (Å²) in [6, 6.07) is 6.02. The van der Waals surface area contributed by atoms with Crippen LogP contribution in [0.4, 0.5) is 0 Å². The predicted molar refractivity (Wildman–Crippen MR) is 65.8 cm³/mol. The van der Waals surface area contributed by atoms with Crippen LogP contribution in [0.25, 0.3) is 16.0 Å². The van der Waals surface area contributed by atoms with Gasteiger partial charge < -0.3 is 0 Å². The standard InChI is InChI=1S/C12H8N4S/c1-8-14-6-12(17-8)9-2-3-11-10(4-13)5-15-16(11)7-9/h2-3,5-7H,1H3. The molecule has 0 saturated carbocycles. The highest BCUT2D eigenvalue weighted by Gasteiger charge is 2.06. The van der Waals surface area contributed by atoms with Crippen LogP contribution in [0.2, 0.25) is 0 Å². The van der Waals surface area contributed by atoms with Gasteiger partial charge in [0.2, 0.25) is 0 Å². The minimum absolute atomic E-state index is 0.594. The molecule has 4 nitrogen and oxygen atoms in total. The van der Waals surface area contributed by atoms with E-state index >= 15 is 0 Å². The Hall–Kier alpha value is -2.19. The van der Waals surface area contributed by atoms with Gasteiger partial charge in [0.05, 0.1) is 27.2 Å². The molecule has 82 valence electrons. The molecule has 0 aliphatic heterocycles. The molecule has 0 amide bonds. The number of aryl methyl sites for hydroxylation is 1. The summed E-state index contributed by atoms with van der Waals surface area (Å²) in [6.45, 7) is 1.98. The van der Waals surface area contributed by atoms with Gasteiger partial charge >= 0.3 is 0 Å². The van der Waals surface area contributed by atoms with Crippen LogP contribution in [0.15, 0.2) is 30.7 Å². The first kappa shape index (κ1) is 10.00. The summed E-state index contributed by atoms with van der Waals surface area (Å²) in [4.78, 5) is 5.34. The monoisotopic (exact) mass is 240 g/mol. The average Bonchev–Trinajstić information content (AvgIpc) is 2.94. The lowest BCUT2D eigenvalue weighted by atomic mass is 10.2. The topological polar surface area (TPSA) is 54.0 Å². The average molecular weight is 240 g/mol. The minimum atomic E-state index is 0.594. The molecular weight excluding hydrogens is 232 g/mol. The zero-order valence-electron chi connectivity index (χ0n) is 9.08. The molecule has 0 atom stereocenters. The van der Waals surface area contributed by atoms with Crippen molar-refractivity contribution in [2.24, 2.45) is 0 Å². The zero-order chi connectivity index (χ0) is 11.8. The van der Waals surface area contributed by atoms with Gasteiger partial charge in [0, 0.05) is 18.0 Å². The van der Waals surface area contributed by atoms with Crippen LogP contribution in [-0.2, 0) is 0 Å². The third kappa shape index (κ3) is 1.59. The third-order valence-corrected chi connectivity index (χ3v) is 3.50. The van der Waals surface area contributed by atoms with E-state index in [-0.39, 0.29) is 0 Å². The van der Waals surface area contributed by atoms with Crippen LogP contribution in [-0.4, -0.2) is 14.6 Å². The Morgan fingerprint density at radius 1 is 1.35 bits per heavy atom. The molecular formula is C12H8N4S. The van der Waals surface area contributed by atoms with Gasteiger partial charge in [-0.2, -0.15) is 10.4 Å². The zero-order valence-corrected chi connectivity index (χ0v) is 9.90. The lowest BCUT2D eigenvalue weighted by Gasteiger charge is -1.98. The van der Waals surface area contributed by atoms with E-state index in [0.717, 1.165) is 21.0 Å². The number of thiazole rings is 1. The maximum absolute atomic E-state index is 8.90. The van der Waals surface area contributed by atoms with Gasteiger partial charge in [-0.3, -0.25) is 0 Å². The number of hydrogen-bond donors (Lipinski definition) is 0. The van der Waals surface area contributed by atoms with Crippen molar-refractivity contribution in [3.8, 4) is 16.5 Å². The van der Waals surface area contributed by atoms with Crippen molar-refractivity contribution >= 4 is 16.9 Å². The molecule has 17 heavy (non-hydrogen) atoms. The Morgan fingerprint density at radius 3 is 2.94 bits per heavy atom. The van der Waals surface area contributed by atoms with Crippen LogP contribution >= 0.6 is 11.3 Å². The number of aromatic nitrogens is 3. The van der Waals surface area contributed by atoms with Crippen molar-refractivity contribution in [2.75, 3.05) is 0 Å². The van der Waals surface area contributed by atoms with Crippen LogP contribution < -0.4 is 0 Å². The van der Waals surface area contributed by atoms with Gasteiger partial charge in [-0.05, 0) is 19.1 Å². The molecule has 0 spiro atoms. The fourth-order valence-corrected chi connectivity index (χ4v) is 2.48. The molecule has 5 heteroatoms. The second-order valence-electron chi connectivity index (χ2n) is 3.66. The SMILES string of the molecule is Cc1ncc(-c2ccc3c(C#N)cnn3c2)s1. The van der Waals surface area contributed by atoms with Crippen LogP contribution in [0.5, 0.6) is 0 Å². The molecule has 0 aliphatic carbocycles. The molecule has 3 aromatic rings. The number of rotatable bonds is 1. The summed E-state index contributed by atoms with van der Waals surface area (Å²) in [6.07, 6.45) is 5.36. The molecule has 3 heterocycles. The summed E-state index contributed by atoms with van der Waals surface area (Å²) >= 11 is 1.64. The molecule has 0 fully saturated rings. The van der Waals surface area contributed by atoms with Crippen molar-refractivity contribution in [3.05, 3.63) is 41.3 Å². The lowest BCUT2D eigenvalue weighted by Crippen LogP contribution is -1.87. The van der Waals surface area contributed by atoms with Gasteiger partial charge in [-0.1, -0.05) is 0 Å². The van der Waals surface area contributed by atoms with Gasteiger partial charge in [0.1, 0.15) is 6.07 Å². The highest BCUT2D eigenvalue weighted by Crippen LogP contribution is 2.26. The predicted octanol–water partition coefficient (Wildman–Crippen LogP) is 2.64. The van der Waals surface area contributed by atoms with E-state index in [4.69, 9.17) is 5.26 Å². The van der Waals surface area contributed by atoms with E-state index in [0.29, 0.717) is 5.56 Å². The maximum Gasteiger partial charge on any atom is 0.103 e. The molecule has 0 saturated heterocycles. The Kier molecular flexibility index (Phi) is 2.16. The molecule has 0 unspecified atom stereocenters. The second kappa shape index (κ2) is 3.68. The van der Waals surface area contributed by atoms with Gasteiger partial charge in [-0.25, -0.2) is 9.50 Å². The van der Waals surface area contributed by atoms with E-state index < -0.39 is 0 Å². The fourth-order valence-electron chi connectivity index (χ4n) is 1.71. The van der Waals surface area contributed by atoms with Crippen LogP contribution in [0.3, 0.4) is 0 Å². The Bertz CT molecular complexity index is 732. The van der Waals surface area contributed by atoms with Crippen molar-refractivity contribution in [1.29, 1.82) is 5.26 Å². The minimum Gasteiger partial charge on any atom is -0.249 e. The van der Waals surface area contributed by atoms with Crippen molar-refractivity contribution in [2.45, 2.75) is 6.92 Å². The summed E-state index contributed by atoms with van der Waals surface area (Å²) in [5.74, 6) is 0. The number of nitriles is 1. The first-order valence-electron chi connectivity index (χ1n) is 5.08. The van der Waals surface area contributed by atoms with E-state index in [2.05, 4.69) is 16.2 Å². The van der Waals surface area contributed by atoms with E-state index in [1.54, 1.807) is 22.0 Å². The molecule has 0 aromatic carbocycles. The quantitative estimate of drug-likeness (QED) is 0.657. The summed E-state index contributed by atoms with van der Waals surface area (Å²) in [7, 11) is 0. The van der Waals surface area contributed by atoms with Gasteiger partial charge in [0.15, 0.2) is 0 Å². The van der Waals surface area contributed by atoms with Crippen LogP contribution in [0.1, 0.15) is 10.6 Å². The van der Waals surface area contributed by atoms with Gasteiger partial charge in [0.25, 0.3) is 0 Å². The van der Waals surface area contributed by atoms with E-state index in [9.17, 15) is 0 Å². The highest BCUT2D eigenvalue weighted by atomic mass is 32.1. The Balaban J connectivity index is 2.18. The Morgan fingerprint density at radius 2 is 2.24 bits per heavy atom. The molecule has 3 aromatic heterocycles. The first-order chi connectivity index (χ1) is 8.28. The summed E-state index contributed by atoms with van der Waals surface area (Å²) in [5, 5.41) is 14.1. The third-order valence-electron chi connectivity index (χ3n) is 2.54.